The average Bonchev–Trinajstić information content (AvgIpc) is 3.26. The summed E-state index contributed by atoms with van der Waals surface area (Å²) < 4.78 is 0. The molecule has 11 N–H and O–H groups in total. The summed E-state index contributed by atoms with van der Waals surface area (Å²) in [4.78, 5) is 2.77. The van der Waals surface area contributed by atoms with E-state index in [4.69, 9.17) is 0 Å². The van der Waals surface area contributed by atoms with E-state index in [1.807, 2.05) is 30.3 Å². The van der Waals surface area contributed by atoms with Gasteiger partial charge in [0, 0.05) is 16.5 Å². The average molecular weight is 883 g/mol. The van der Waals surface area contributed by atoms with Crippen LogP contribution in [0.1, 0.15) is 0 Å². The standard InChI is InChI=1S/C48H46N2O11Si2/c1-62(2,3)25-17-15-24(16-18-25)49(37-39(52)43(56)47(60)44(57)40(37)53)34-22-31-28-12-8-10-14-30(28)35(23-32(31)27-11-7-9-13-29(27)34)50(33-20-19-26(21-36(33)51)63(4,5)6)38-41(54)45(58)48(61)46(59)42(38)55/h7-23,51-61H,1-6H3. The molecule has 15 heteroatoms. The summed E-state index contributed by atoms with van der Waals surface area (Å²) in [6, 6.07) is 30.4. The molecule has 13 nitrogen and oxygen atoms in total. The Hall–Kier alpha value is -7.63. The summed E-state index contributed by atoms with van der Waals surface area (Å²) in [6.07, 6.45) is 0. The van der Waals surface area contributed by atoms with Gasteiger partial charge in [0.25, 0.3) is 0 Å². The number of phenols is 11. The molecule has 0 bridgehead atoms. The number of benzene rings is 8. The summed E-state index contributed by atoms with van der Waals surface area (Å²) in [5.74, 6) is -10.6. The number of nitrogens with zero attached hydrogens (tertiary/aromatic N) is 2. The number of fused-ring (bicyclic) bond motifs is 5. The van der Waals surface area contributed by atoms with E-state index >= 15 is 0 Å². The first-order valence-electron chi connectivity index (χ1n) is 19.9. The highest BCUT2D eigenvalue weighted by molar-refractivity contribution is 6.89. The van der Waals surface area contributed by atoms with Crippen LogP contribution >= 0.6 is 0 Å². The molecular weight excluding hydrogens is 837 g/mol. The van der Waals surface area contributed by atoms with Crippen LogP contribution in [0.5, 0.6) is 63.2 Å². The second-order valence-electron chi connectivity index (χ2n) is 17.6. The molecule has 0 radical (unpaired) electrons. The van der Waals surface area contributed by atoms with E-state index in [1.54, 1.807) is 72.8 Å². The minimum Gasteiger partial charge on any atom is -0.506 e. The van der Waals surface area contributed by atoms with Gasteiger partial charge in [-0.05, 0) is 57.9 Å². The van der Waals surface area contributed by atoms with Crippen molar-refractivity contribution in [2.45, 2.75) is 39.3 Å². The third-order valence-electron chi connectivity index (χ3n) is 11.5. The summed E-state index contributed by atoms with van der Waals surface area (Å²) >= 11 is 0. The van der Waals surface area contributed by atoms with Crippen molar-refractivity contribution >= 4 is 93.0 Å². The molecule has 0 amide bonds. The lowest BCUT2D eigenvalue weighted by atomic mass is 9.93. The minimum absolute atomic E-state index is 0.0448. The number of aromatic hydroxyl groups is 11. The van der Waals surface area contributed by atoms with Crippen LogP contribution in [0.3, 0.4) is 0 Å². The maximum atomic E-state index is 11.8. The van der Waals surface area contributed by atoms with E-state index in [9.17, 15) is 56.2 Å². The molecular formula is C48H46N2O11Si2. The van der Waals surface area contributed by atoms with Crippen molar-refractivity contribution in [3.05, 3.63) is 103 Å². The first-order chi connectivity index (χ1) is 29.6. The lowest BCUT2D eigenvalue weighted by Crippen LogP contribution is -2.37. The molecule has 0 fully saturated rings. The smallest absolute Gasteiger partial charge is 0.208 e. The Morgan fingerprint density at radius 3 is 1.06 bits per heavy atom. The van der Waals surface area contributed by atoms with E-state index in [0.717, 1.165) is 10.4 Å². The minimum atomic E-state index is -1.99. The molecule has 0 saturated carbocycles. The van der Waals surface area contributed by atoms with E-state index in [-0.39, 0.29) is 17.1 Å². The largest absolute Gasteiger partial charge is 0.506 e. The number of hydrogen-bond donors (Lipinski definition) is 11. The molecule has 0 aliphatic heterocycles. The highest BCUT2D eigenvalue weighted by Crippen LogP contribution is 2.61. The topological polar surface area (TPSA) is 229 Å². The van der Waals surface area contributed by atoms with Gasteiger partial charge in [-0.15, -0.1) is 0 Å². The van der Waals surface area contributed by atoms with Crippen molar-refractivity contribution in [1.82, 2.24) is 0 Å². The van der Waals surface area contributed by atoms with Crippen LogP contribution in [-0.4, -0.2) is 72.3 Å². The monoisotopic (exact) mass is 882 g/mol. The molecule has 63 heavy (non-hydrogen) atoms. The number of phenolic OH excluding ortho intramolecular Hbond substituents is 11. The lowest BCUT2D eigenvalue weighted by Gasteiger charge is -2.31. The molecule has 0 atom stereocenters. The fraction of sp³-hybridized carbons (Fsp3) is 0.125. The lowest BCUT2D eigenvalue weighted by molar-refractivity contribution is 0.329. The molecule has 0 heterocycles. The van der Waals surface area contributed by atoms with Crippen LogP contribution in [0.2, 0.25) is 39.3 Å². The van der Waals surface area contributed by atoms with Crippen LogP contribution < -0.4 is 20.2 Å². The normalized spacial score (nSPS) is 12.0. The van der Waals surface area contributed by atoms with Crippen LogP contribution in [0.4, 0.5) is 34.1 Å². The van der Waals surface area contributed by atoms with Crippen LogP contribution in [0, 0.1) is 0 Å². The second kappa shape index (κ2) is 14.8. The van der Waals surface area contributed by atoms with Gasteiger partial charge in [-0.3, -0.25) is 4.90 Å². The quantitative estimate of drug-likeness (QED) is 0.0296. The van der Waals surface area contributed by atoms with Gasteiger partial charge in [-0.2, -0.15) is 0 Å². The molecule has 0 aromatic heterocycles. The van der Waals surface area contributed by atoms with E-state index in [1.165, 1.54) is 9.80 Å². The Balaban J connectivity index is 1.52. The van der Waals surface area contributed by atoms with Gasteiger partial charge in [0.2, 0.25) is 34.5 Å². The van der Waals surface area contributed by atoms with Crippen molar-refractivity contribution < 1.29 is 56.2 Å². The van der Waals surface area contributed by atoms with Crippen LogP contribution in [0.25, 0.3) is 32.3 Å². The Morgan fingerprint density at radius 2 is 0.667 bits per heavy atom. The van der Waals surface area contributed by atoms with E-state index in [2.05, 4.69) is 39.3 Å². The van der Waals surface area contributed by atoms with Crippen molar-refractivity contribution in [3.8, 4) is 63.2 Å². The molecule has 0 aliphatic carbocycles. The Kier molecular flexibility index (Phi) is 9.87. The Bertz CT molecular complexity index is 3120. The van der Waals surface area contributed by atoms with Gasteiger partial charge < -0.3 is 61.1 Å². The predicted molar refractivity (Wildman–Crippen MR) is 253 cm³/mol. The molecule has 8 rings (SSSR count). The van der Waals surface area contributed by atoms with E-state index < -0.39 is 85.0 Å². The molecule has 8 aromatic carbocycles. The molecule has 8 aromatic rings. The third kappa shape index (κ3) is 6.68. The first kappa shape index (κ1) is 42.1. The molecule has 0 unspecified atom stereocenters. The van der Waals surface area contributed by atoms with Crippen molar-refractivity contribution in [2.24, 2.45) is 0 Å². The summed E-state index contributed by atoms with van der Waals surface area (Å²) in [6.45, 7) is 12.9. The zero-order valence-corrected chi connectivity index (χ0v) is 37.1. The highest BCUT2D eigenvalue weighted by atomic mass is 28.3. The zero-order chi connectivity index (χ0) is 45.6. The first-order valence-corrected chi connectivity index (χ1v) is 26.9. The van der Waals surface area contributed by atoms with Crippen molar-refractivity contribution in [3.63, 3.8) is 0 Å². The third-order valence-corrected chi connectivity index (χ3v) is 15.6. The number of anilines is 6. The Labute approximate surface area is 363 Å². The zero-order valence-electron chi connectivity index (χ0n) is 35.1. The van der Waals surface area contributed by atoms with Gasteiger partial charge >= 0.3 is 0 Å². The van der Waals surface area contributed by atoms with Gasteiger partial charge in [0.1, 0.15) is 17.1 Å². The molecule has 322 valence electrons. The SMILES string of the molecule is C[Si](C)(C)c1ccc(N(c2c(O)c(O)c(O)c(O)c2O)c2cc3c4ccccc4c(N(c4ccc([Si](C)(C)C)cc4O)c4c(O)c(O)c(O)c(O)c4O)cc3c3ccccc23)cc1. The van der Waals surface area contributed by atoms with Gasteiger partial charge in [0.05, 0.1) is 33.2 Å². The number of rotatable bonds is 8. The fourth-order valence-electron chi connectivity index (χ4n) is 8.10. The van der Waals surface area contributed by atoms with Gasteiger partial charge in [-0.25, -0.2) is 0 Å². The van der Waals surface area contributed by atoms with E-state index in [0.29, 0.717) is 43.7 Å². The molecule has 0 spiro atoms. The van der Waals surface area contributed by atoms with Crippen molar-refractivity contribution in [1.29, 1.82) is 0 Å². The second-order valence-corrected chi connectivity index (χ2v) is 27.7. The molecule has 0 saturated heterocycles. The summed E-state index contributed by atoms with van der Waals surface area (Å²) in [5, 5.41) is 127. The maximum Gasteiger partial charge on any atom is 0.208 e. The highest BCUT2D eigenvalue weighted by Gasteiger charge is 2.34. The van der Waals surface area contributed by atoms with Crippen LogP contribution in [0.15, 0.2) is 103 Å². The van der Waals surface area contributed by atoms with Crippen LogP contribution in [-0.2, 0) is 0 Å². The summed E-state index contributed by atoms with van der Waals surface area (Å²) in [5.41, 5.74) is 0.115. The van der Waals surface area contributed by atoms with Gasteiger partial charge in [-0.1, -0.05) is 116 Å². The molecule has 0 aliphatic rings. The van der Waals surface area contributed by atoms with Crippen molar-refractivity contribution in [2.75, 3.05) is 9.80 Å². The Morgan fingerprint density at radius 1 is 0.317 bits per heavy atom. The number of hydrogen-bond acceptors (Lipinski definition) is 13. The van der Waals surface area contributed by atoms with Gasteiger partial charge in [0.15, 0.2) is 23.0 Å². The maximum absolute atomic E-state index is 11.8. The predicted octanol–water partition coefficient (Wildman–Crippen LogP) is 9.94. The fourth-order valence-corrected chi connectivity index (χ4v) is 10.4. The summed E-state index contributed by atoms with van der Waals surface area (Å²) in [7, 11) is -3.82.